The monoisotopic (exact) mass is 822 g/mol. The lowest BCUT2D eigenvalue weighted by molar-refractivity contribution is -0.302. The number of hydrogen-bond acceptors (Lipinski definition) is 8. The van der Waals surface area contributed by atoms with Gasteiger partial charge in [0.05, 0.1) is 25.4 Å². The Balaban J connectivity index is 2.23. The molecule has 1 aliphatic rings. The fourth-order valence-electron chi connectivity index (χ4n) is 7.52. The quantitative estimate of drug-likeness (QED) is 0.0264. The predicted molar refractivity (Wildman–Crippen MR) is 240 cm³/mol. The minimum absolute atomic E-state index is 0.191. The van der Waals surface area contributed by atoms with Gasteiger partial charge in [-0.2, -0.15) is 0 Å². The molecule has 0 aromatic heterocycles. The van der Waals surface area contributed by atoms with Gasteiger partial charge in [0, 0.05) is 6.42 Å². The molecule has 1 fully saturated rings. The van der Waals surface area contributed by atoms with Crippen molar-refractivity contribution in [2.45, 2.75) is 256 Å². The van der Waals surface area contributed by atoms with Crippen molar-refractivity contribution in [1.29, 1.82) is 0 Å². The van der Waals surface area contributed by atoms with Crippen LogP contribution in [0.5, 0.6) is 0 Å². The zero-order chi connectivity index (χ0) is 42.3. The normalized spacial score (nSPS) is 21.1. The molecule has 58 heavy (non-hydrogen) atoms. The smallest absolute Gasteiger partial charge is 0.220 e. The van der Waals surface area contributed by atoms with Crippen LogP contribution in [0.4, 0.5) is 0 Å². The van der Waals surface area contributed by atoms with E-state index in [4.69, 9.17) is 9.47 Å². The Morgan fingerprint density at radius 1 is 0.569 bits per heavy atom. The maximum Gasteiger partial charge on any atom is 0.220 e. The number of allylic oxidation sites excluding steroid dienone is 5. The summed E-state index contributed by atoms with van der Waals surface area (Å²) in [5.41, 5.74) is 0. The average molecular weight is 822 g/mol. The van der Waals surface area contributed by atoms with E-state index in [0.29, 0.717) is 6.42 Å². The topological polar surface area (TPSA) is 149 Å². The van der Waals surface area contributed by atoms with Crippen LogP contribution < -0.4 is 5.32 Å². The number of aliphatic hydroxyl groups excluding tert-OH is 5. The van der Waals surface area contributed by atoms with Gasteiger partial charge in [-0.3, -0.25) is 4.79 Å². The second-order valence-corrected chi connectivity index (χ2v) is 16.9. The number of amides is 1. The minimum Gasteiger partial charge on any atom is -0.394 e. The third-order valence-corrected chi connectivity index (χ3v) is 11.4. The highest BCUT2D eigenvalue weighted by atomic mass is 16.7. The second kappa shape index (κ2) is 39.5. The summed E-state index contributed by atoms with van der Waals surface area (Å²) in [4.78, 5) is 12.9. The van der Waals surface area contributed by atoms with Gasteiger partial charge < -0.3 is 40.3 Å². The molecule has 1 amide bonds. The van der Waals surface area contributed by atoms with Gasteiger partial charge in [-0.1, -0.05) is 185 Å². The standard InChI is InChI=1S/C49H91NO8/c1-3-5-7-9-11-13-15-16-17-18-19-20-21-22-23-24-25-26-27-28-29-31-33-35-37-39-45(53)50-42(41-57-49-48(56)47(55)46(54)44(40-51)58-49)43(52)38-36-34-32-30-14-12-10-8-6-4-2/h14,22-23,30,36,38,42-44,46-49,51-52,54-56H,3-13,15-21,24-29,31-35,37,39-41H2,1-2H3,(H,50,53)/b23-22-,30-14+,38-36+. The maximum atomic E-state index is 12.9. The molecule has 1 saturated heterocycles. The molecule has 9 heteroatoms. The molecule has 9 nitrogen and oxygen atoms in total. The molecule has 7 unspecified atom stereocenters. The molecule has 1 rings (SSSR count). The average Bonchev–Trinajstić information content (AvgIpc) is 3.22. The Labute approximate surface area is 355 Å². The van der Waals surface area contributed by atoms with Gasteiger partial charge in [-0.15, -0.1) is 0 Å². The number of ether oxygens (including phenoxy) is 2. The van der Waals surface area contributed by atoms with E-state index in [1.807, 2.05) is 6.08 Å². The van der Waals surface area contributed by atoms with E-state index < -0.39 is 49.5 Å². The van der Waals surface area contributed by atoms with E-state index in [1.54, 1.807) is 6.08 Å². The first-order valence-electron chi connectivity index (χ1n) is 24.2. The molecular formula is C49H91NO8. The van der Waals surface area contributed by atoms with E-state index in [9.17, 15) is 30.3 Å². The van der Waals surface area contributed by atoms with Gasteiger partial charge in [-0.25, -0.2) is 0 Å². The first-order valence-corrected chi connectivity index (χ1v) is 24.2. The zero-order valence-corrected chi connectivity index (χ0v) is 37.3. The van der Waals surface area contributed by atoms with Gasteiger partial charge in [0.25, 0.3) is 0 Å². The summed E-state index contributed by atoms with van der Waals surface area (Å²) in [5.74, 6) is -0.191. The lowest BCUT2D eigenvalue weighted by Crippen LogP contribution is -2.60. The summed E-state index contributed by atoms with van der Waals surface area (Å²) in [5, 5.41) is 54.0. The molecular weight excluding hydrogens is 731 g/mol. The molecule has 0 spiro atoms. The van der Waals surface area contributed by atoms with Crippen molar-refractivity contribution in [1.82, 2.24) is 5.32 Å². The zero-order valence-electron chi connectivity index (χ0n) is 37.3. The summed E-state index contributed by atoms with van der Waals surface area (Å²) in [6.45, 7) is 3.72. The molecule has 0 aromatic rings. The van der Waals surface area contributed by atoms with Crippen LogP contribution in [0.3, 0.4) is 0 Å². The number of carbonyl (C=O) groups excluding carboxylic acids is 1. The van der Waals surface area contributed by atoms with E-state index in [-0.39, 0.29) is 12.5 Å². The Hall–Kier alpha value is -1.59. The Morgan fingerprint density at radius 3 is 1.47 bits per heavy atom. The van der Waals surface area contributed by atoms with E-state index >= 15 is 0 Å². The summed E-state index contributed by atoms with van der Waals surface area (Å²) < 4.78 is 11.2. The number of nitrogens with one attached hydrogen (secondary N) is 1. The van der Waals surface area contributed by atoms with E-state index in [2.05, 4.69) is 43.5 Å². The summed E-state index contributed by atoms with van der Waals surface area (Å²) in [7, 11) is 0. The molecule has 7 atom stereocenters. The highest BCUT2D eigenvalue weighted by Crippen LogP contribution is 2.22. The van der Waals surface area contributed by atoms with Crippen molar-refractivity contribution in [3.8, 4) is 0 Å². The van der Waals surface area contributed by atoms with Crippen LogP contribution in [0.15, 0.2) is 36.5 Å². The molecule has 0 aliphatic carbocycles. The number of hydrogen-bond donors (Lipinski definition) is 6. The molecule has 1 heterocycles. The molecule has 0 radical (unpaired) electrons. The number of carbonyl (C=O) groups is 1. The molecule has 0 bridgehead atoms. The molecule has 6 N–H and O–H groups in total. The highest BCUT2D eigenvalue weighted by molar-refractivity contribution is 5.76. The minimum atomic E-state index is -1.57. The Bertz CT molecular complexity index is 1000. The van der Waals surface area contributed by atoms with Gasteiger partial charge >= 0.3 is 0 Å². The molecule has 0 saturated carbocycles. The second-order valence-electron chi connectivity index (χ2n) is 16.9. The largest absolute Gasteiger partial charge is 0.394 e. The van der Waals surface area contributed by atoms with Crippen LogP contribution >= 0.6 is 0 Å². The summed E-state index contributed by atoms with van der Waals surface area (Å²) in [6.07, 6.45) is 42.1. The first kappa shape index (κ1) is 54.4. The van der Waals surface area contributed by atoms with Crippen LogP contribution in [-0.4, -0.2) is 87.5 Å². The maximum absolute atomic E-state index is 12.9. The van der Waals surface area contributed by atoms with Crippen molar-refractivity contribution in [3.63, 3.8) is 0 Å². The van der Waals surface area contributed by atoms with Crippen molar-refractivity contribution >= 4 is 5.91 Å². The SMILES string of the molecule is CCCCCC/C=C/CC/C=C/C(O)C(COC1OC(CO)C(O)C(O)C1O)NC(=O)CCCCCCCCCCC/C=C\CCCCCCCCCCCCCC. The van der Waals surface area contributed by atoms with Crippen LogP contribution in [0.1, 0.15) is 213 Å². The summed E-state index contributed by atoms with van der Waals surface area (Å²) >= 11 is 0. The van der Waals surface area contributed by atoms with Gasteiger partial charge in [0.2, 0.25) is 5.91 Å². The van der Waals surface area contributed by atoms with Crippen LogP contribution in [0.2, 0.25) is 0 Å². The Kier molecular flexibility index (Phi) is 37.1. The van der Waals surface area contributed by atoms with Gasteiger partial charge in [-0.05, 0) is 57.8 Å². The highest BCUT2D eigenvalue weighted by Gasteiger charge is 2.44. The number of unbranched alkanes of at least 4 members (excludes halogenated alkanes) is 26. The third kappa shape index (κ3) is 29.6. The predicted octanol–water partition coefficient (Wildman–Crippen LogP) is 10.5. The lowest BCUT2D eigenvalue weighted by atomic mass is 9.99. The fraction of sp³-hybridized carbons (Fsp3) is 0.857. The molecule has 0 aromatic carbocycles. The van der Waals surface area contributed by atoms with Crippen molar-refractivity contribution in [2.75, 3.05) is 13.2 Å². The number of aliphatic hydroxyl groups is 5. The van der Waals surface area contributed by atoms with Gasteiger partial charge in [0.1, 0.15) is 24.4 Å². The third-order valence-electron chi connectivity index (χ3n) is 11.4. The van der Waals surface area contributed by atoms with Crippen molar-refractivity contribution < 1.29 is 39.8 Å². The van der Waals surface area contributed by atoms with E-state index in [1.165, 1.54) is 154 Å². The molecule has 1 aliphatic heterocycles. The van der Waals surface area contributed by atoms with Crippen molar-refractivity contribution in [3.05, 3.63) is 36.5 Å². The van der Waals surface area contributed by atoms with E-state index in [0.717, 1.165) is 38.5 Å². The van der Waals surface area contributed by atoms with Crippen LogP contribution in [0, 0.1) is 0 Å². The van der Waals surface area contributed by atoms with Crippen molar-refractivity contribution in [2.24, 2.45) is 0 Å². The van der Waals surface area contributed by atoms with Crippen LogP contribution in [0.25, 0.3) is 0 Å². The molecule has 340 valence electrons. The fourth-order valence-corrected chi connectivity index (χ4v) is 7.52. The lowest BCUT2D eigenvalue weighted by Gasteiger charge is -2.40. The van der Waals surface area contributed by atoms with Crippen LogP contribution in [-0.2, 0) is 14.3 Å². The number of rotatable bonds is 40. The summed E-state index contributed by atoms with van der Waals surface area (Å²) in [6, 6.07) is -0.820. The van der Waals surface area contributed by atoms with Gasteiger partial charge in [0.15, 0.2) is 6.29 Å². The Morgan fingerprint density at radius 2 is 0.983 bits per heavy atom. The first-order chi connectivity index (χ1) is 28.3.